The zero-order valence-corrected chi connectivity index (χ0v) is 15.7. The van der Waals surface area contributed by atoms with Crippen molar-refractivity contribution in [2.24, 2.45) is 0 Å². The molecule has 0 aliphatic heterocycles. The van der Waals surface area contributed by atoms with Gasteiger partial charge in [0.15, 0.2) is 0 Å². The molecule has 3 aromatic rings. The van der Waals surface area contributed by atoms with Gasteiger partial charge in [0.2, 0.25) is 0 Å². The minimum absolute atomic E-state index is 0.308. The molecule has 2 aromatic carbocycles. The van der Waals surface area contributed by atoms with Crippen molar-refractivity contribution >= 4 is 34.8 Å². The highest BCUT2D eigenvalue weighted by atomic mass is 35.5. The Labute approximate surface area is 160 Å². The molecule has 3 rings (SSSR count). The lowest BCUT2D eigenvalue weighted by Crippen LogP contribution is -2.12. The van der Waals surface area contributed by atoms with Gasteiger partial charge >= 0.3 is 0 Å². The van der Waals surface area contributed by atoms with Crippen molar-refractivity contribution in [2.75, 3.05) is 5.32 Å². The Morgan fingerprint density at radius 2 is 2.00 bits per heavy atom. The van der Waals surface area contributed by atoms with E-state index in [-0.39, 0.29) is 5.91 Å². The van der Waals surface area contributed by atoms with E-state index in [1.54, 1.807) is 42.5 Å². The van der Waals surface area contributed by atoms with Gasteiger partial charge in [0.05, 0.1) is 22.0 Å². The lowest BCUT2D eigenvalue weighted by atomic mass is 10.2. The Morgan fingerprint density at radius 3 is 2.73 bits per heavy atom. The van der Waals surface area contributed by atoms with Crippen LogP contribution in [0.3, 0.4) is 0 Å². The summed E-state index contributed by atoms with van der Waals surface area (Å²) in [5, 5.41) is 7.54. The maximum atomic E-state index is 12.5. The standard InChI is InChI=1S/C19H16Cl2N2O3/c1-11-16(12(2)26-23-11)10-25-15-5-3-4-13(8-15)19(24)22-18-9-14(20)6-7-17(18)21/h3-9H,10H2,1-2H3,(H,22,24). The smallest absolute Gasteiger partial charge is 0.255 e. The van der Waals surface area contributed by atoms with E-state index >= 15 is 0 Å². The lowest BCUT2D eigenvalue weighted by Gasteiger charge is -2.10. The maximum absolute atomic E-state index is 12.5. The van der Waals surface area contributed by atoms with Crippen LogP contribution in [0.25, 0.3) is 0 Å². The first-order valence-corrected chi connectivity index (χ1v) is 8.60. The minimum Gasteiger partial charge on any atom is -0.489 e. The average Bonchev–Trinajstić information content (AvgIpc) is 2.94. The van der Waals surface area contributed by atoms with E-state index in [0.29, 0.717) is 39.4 Å². The van der Waals surface area contributed by atoms with Crippen molar-refractivity contribution in [3.63, 3.8) is 0 Å². The summed E-state index contributed by atoms with van der Waals surface area (Å²) in [6.07, 6.45) is 0. The molecule has 0 atom stereocenters. The number of hydrogen-bond acceptors (Lipinski definition) is 4. The fourth-order valence-corrected chi connectivity index (χ4v) is 2.72. The third-order valence-corrected chi connectivity index (χ3v) is 4.40. The third kappa shape index (κ3) is 4.18. The van der Waals surface area contributed by atoms with E-state index in [0.717, 1.165) is 11.3 Å². The lowest BCUT2D eigenvalue weighted by molar-refractivity contribution is 0.102. The van der Waals surface area contributed by atoms with Gasteiger partial charge in [0, 0.05) is 10.6 Å². The number of nitrogens with one attached hydrogen (secondary N) is 1. The molecule has 0 fully saturated rings. The van der Waals surface area contributed by atoms with Crippen molar-refractivity contribution in [1.29, 1.82) is 0 Å². The molecule has 0 aliphatic carbocycles. The zero-order valence-electron chi connectivity index (χ0n) is 14.2. The highest BCUT2D eigenvalue weighted by molar-refractivity contribution is 6.35. The summed E-state index contributed by atoms with van der Waals surface area (Å²) in [7, 11) is 0. The monoisotopic (exact) mass is 390 g/mol. The predicted octanol–water partition coefficient (Wildman–Crippen LogP) is 5.43. The second kappa shape index (κ2) is 7.81. The molecule has 0 saturated carbocycles. The van der Waals surface area contributed by atoms with Crippen molar-refractivity contribution < 1.29 is 14.1 Å². The number of aromatic nitrogens is 1. The van der Waals surface area contributed by atoms with Crippen molar-refractivity contribution in [3.05, 3.63) is 75.1 Å². The molecule has 0 aliphatic rings. The number of anilines is 1. The summed E-state index contributed by atoms with van der Waals surface area (Å²) in [4.78, 5) is 12.5. The minimum atomic E-state index is -0.308. The van der Waals surface area contributed by atoms with E-state index in [1.807, 2.05) is 13.8 Å². The van der Waals surface area contributed by atoms with Crippen LogP contribution in [0, 0.1) is 13.8 Å². The Bertz CT molecular complexity index is 934. The predicted molar refractivity (Wildman–Crippen MR) is 101 cm³/mol. The molecule has 26 heavy (non-hydrogen) atoms. The Hall–Kier alpha value is -2.50. The van der Waals surface area contributed by atoms with E-state index in [1.165, 1.54) is 0 Å². The van der Waals surface area contributed by atoms with Gasteiger partial charge in [0.1, 0.15) is 18.1 Å². The van der Waals surface area contributed by atoms with E-state index < -0.39 is 0 Å². The first kappa shape index (κ1) is 18.3. The van der Waals surface area contributed by atoms with Crippen molar-refractivity contribution in [2.45, 2.75) is 20.5 Å². The molecule has 0 spiro atoms. The van der Waals surface area contributed by atoms with Crippen LogP contribution < -0.4 is 10.1 Å². The van der Waals surface area contributed by atoms with Gasteiger partial charge in [-0.05, 0) is 50.2 Å². The first-order valence-electron chi connectivity index (χ1n) is 7.85. The number of carbonyl (C=O) groups excluding carboxylic acids is 1. The van der Waals surface area contributed by atoms with Crippen molar-refractivity contribution in [1.82, 2.24) is 5.16 Å². The van der Waals surface area contributed by atoms with Crippen LogP contribution in [-0.4, -0.2) is 11.1 Å². The van der Waals surface area contributed by atoms with E-state index in [9.17, 15) is 4.79 Å². The Morgan fingerprint density at radius 1 is 1.19 bits per heavy atom. The molecule has 0 unspecified atom stereocenters. The van der Waals surface area contributed by atoms with Crippen LogP contribution in [0.15, 0.2) is 47.0 Å². The van der Waals surface area contributed by atoms with Crippen LogP contribution in [0.4, 0.5) is 5.69 Å². The molecule has 1 heterocycles. The highest BCUT2D eigenvalue weighted by Gasteiger charge is 2.12. The maximum Gasteiger partial charge on any atom is 0.255 e. The third-order valence-electron chi connectivity index (χ3n) is 3.84. The normalized spacial score (nSPS) is 10.6. The van der Waals surface area contributed by atoms with Crippen LogP contribution in [0.1, 0.15) is 27.4 Å². The Kier molecular flexibility index (Phi) is 5.49. The summed E-state index contributed by atoms with van der Waals surface area (Å²) in [6, 6.07) is 11.8. The molecule has 1 N–H and O–H groups in total. The molecule has 5 nitrogen and oxygen atoms in total. The summed E-state index contributed by atoms with van der Waals surface area (Å²) in [5.74, 6) is 0.971. The summed E-state index contributed by atoms with van der Waals surface area (Å²) >= 11 is 12.0. The largest absolute Gasteiger partial charge is 0.489 e. The number of aryl methyl sites for hydroxylation is 2. The van der Waals surface area contributed by atoms with E-state index in [4.69, 9.17) is 32.5 Å². The summed E-state index contributed by atoms with van der Waals surface area (Å²) in [6.45, 7) is 4.00. The number of rotatable bonds is 5. The number of amides is 1. The molecule has 7 heteroatoms. The molecule has 0 saturated heterocycles. The molecule has 134 valence electrons. The fourth-order valence-electron chi connectivity index (χ4n) is 2.38. The Balaban J connectivity index is 1.72. The molecule has 1 amide bonds. The van der Waals surface area contributed by atoms with Gasteiger partial charge in [0.25, 0.3) is 5.91 Å². The number of nitrogens with zero attached hydrogens (tertiary/aromatic N) is 1. The summed E-state index contributed by atoms with van der Waals surface area (Å²) in [5.41, 5.74) is 2.57. The molecule has 0 radical (unpaired) electrons. The second-order valence-corrected chi connectivity index (χ2v) is 6.54. The van der Waals surface area contributed by atoms with Crippen molar-refractivity contribution in [3.8, 4) is 5.75 Å². The quantitative estimate of drug-likeness (QED) is 0.630. The first-order chi connectivity index (χ1) is 12.4. The van der Waals surface area contributed by atoms with Crippen LogP contribution in [-0.2, 0) is 6.61 Å². The van der Waals surface area contributed by atoms with Crippen LogP contribution in [0.2, 0.25) is 10.0 Å². The van der Waals surface area contributed by atoms with Gasteiger partial charge in [-0.15, -0.1) is 0 Å². The fraction of sp³-hybridized carbons (Fsp3) is 0.158. The van der Waals surface area contributed by atoms with Gasteiger partial charge in [-0.3, -0.25) is 4.79 Å². The highest BCUT2D eigenvalue weighted by Crippen LogP contribution is 2.26. The number of halogens is 2. The molecular weight excluding hydrogens is 375 g/mol. The van der Waals surface area contributed by atoms with Gasteiger partial charge < -0.3 is 14.6 Å². The number of ether oxygens (including phenoxy) is 1. The number of carbonyl (C=O) groups is 1. The molecule has 0 bridgehead atoms. The average molecular weight is 391 g/mol. The SMILES string of the molecule is Cc1noc(C)c1COc1cccc(C(=O)Nc2cc(Cl)ccc2Cl)c1. The topological polar surface area (TPSA) is 64.4 Å². The van der Waals surface area contributed by atoms with Gasteiger partial charge in [-0.25, -0.2) is 0 Å². The van der Waals surface area contributed by atoms with Crippen LogP contribution in [0.5, 0.6) is 5.75 Å². The molecule has 1 aromatic heterocycles. The van der Waals surface area contributed by atoms with Gasteiger partial charge in [-0.1, -0.05) is 34.4 Å². The summed E-state index contributed by atoms with van der Waals surface area (Å²) < 4.78 is 10.9. The zero-order chi connectivity index (χ0) is 18.7. The number of hydrogen-bond donors (Lipinski definition) is 1. The number of benzene rings is 2. The second-order valence-electron chi connectivity index (χ2n) is 5.70. The molecular formula is C19H16Cl2N2O3. The van der Waals surface area contributed by atoms with E-state index in [2.05, 4.69) is 10.5 Å². The van der Waals surface area contributed by atoms with Crippen LogP contribution >= 0.6 is 23.2 Å². The van der Waals surface area contributed by atoms with Gasteiger partial charge in [-0.2, -0.15) is 0 Å².